The monoisotopic (exact) mass is 351 g/mol. The number of amides is 1. The summed E-state index contributed by atoms with van der Waals surface area (Å²) in [4.78, 5) is 12.7. The second kappa shape index (κ2) is 9.00. The number of aliphatic hydroxyl groups is 1. The summed E-state index contributed by atoms with van der Waals surface area (Å²) in [5.41, 5.74) is 2.19. The lowest BCUT2D eigenvalue weighted by Crippen LogP contribution is -2.41. The van der Waals surface area contributed by atoms with Gasteiger partial charge in [0.1, 0.15) is 0 Å². The van der Waals surface area contributed by atoms with E-state index >= 15 is 0 Å². The summed E-state index contributed by atoms with van der Waals surface area (Å²) in [6, 6.07) is 20.4. The smallest absolute Gasteiger partial charge is 0.220 e. The molecule has 0 atom stereocenters. The van der Waals surface area contributed by atoms with Crippen molar-refractivity contribution in [2.75, 3.05) is 13.2 Å². The molecule has 1 amide bonds. The standard InChI is InChI=1S/C23H29NO2/c25-18-23(14-8-3-9-15-23)17-24-22(26)16-21(19-10-4-1-5-11-19)20-12-6-2-7-13-20/h1-2,4-7,10-13,21,25H,3,8-9,14-18H2,(H,24,26). The lowest BCUT2D eigenvalue weighted by Gasteiger charge is -2.35. The maximum atomic E-state index is 12.7. The molecule has 2 aromatic carbocycles. The van der Waals surface area contributed by atoms with E-state index in [4.69, 9.17) is 0 Å². The Morgan fingerprint density at radius 2 is 1.46 bits per heavy atom. The van der Waals surface area contributed by atoms with Gasteiger partial charge in [-0.2, -0.15) is 0 Å². The van der Waals surface area contributed by atoms with Gasteiger partial charge in [0.2, 0.25) is 5.91 Å². The Labute approximate surface area is 156 Å². The molecule has 1 saturated carbocycles. The normalized spacial score (nSPS) is 16.4. The lowest BCUT2D eigenvalue weighted by atomic mass is 9.74. The Kier molecular flexibility index (Phi) is 6.45. The molecule has 1 aliphatic carbocycles. The van der Waals surface area contributed by atoms with Gasteiger partial charge in [0.05, 0.1) is 6.61 Å². The minimum absolute atomic E-state index is 0.0498. The highest BCUT2D eigenvalue weighted by Gasteiger charge is 2.32. The summed E-state index contributed by atoms with van der Waals surface area (Å²) in [5, 5.41) is 13.0. The fraction of sp³-hybridized carbons (Fsp3) is 0.435. The summed E-state index contributed by atoms with van der Waals surface area (Å²) in [6.45, 7) is 0.743. The predicted molar refractivity (Wildman–Crippen MR) is 105 cm³/mol. The number of hydrogen-bond donors (Lipinski definition) is 2. The van der Waals surface area contributed by atoms with Crippen LogP contribution in [0.25, 0.3) is 0 Å². The van der Waals surface area contributed by atoms with Crippen LogP contribution in [-0.4, -0.2) is 24.2 Å². The molecule has 3 nitrogen and oxygen atoms in total. The second-order valence-corrected chi connectivity index (χ2v) is 7.57. The number of aliphatic hydroxyl groups excluding tert-OH is 1. The zero-order valence-electron chi connectivity index (χ0n) is 15.4. The van der Waals surface area contributed by atoms with Gasteiger partial charge in [-0.25, -0.2) is 0 Å². The predicted octanol–water partition coefficient (Wildman–Crippen LogP) is 4.27. The highest BCUT2D eigenvalue weighted by atomic mass is 16.3. The molecule has 1 fully saturated rings. The quantitative estimate of drug-likeness (QED) is 0.783. The Morgan fingerprint density at radius 1 is 0.923 bits per heavy atom. The molecule has 1 aliphatic rings. The average molecular weight is 351 g/mol. The second-order valence-electron chi connectivity index (χ2n) is 7.57. The van der Waals surface area contributed by atoms with Gasteiger partial charge in [-0.3, -0.25) is 4.79 Å². The lowest BCUT2D eigenvalue weighted by molar-refractivity contribution is -0.122. The number of carbonyl (C=O) groups is 1. The van der Waals surface area contributed by atoms with Crippen LogP contribution in [-0.2, 0) is 4.79 Å². The van der Waals surface area contributed by atoms with E-state index in [0.717, 1.165) is 36.8 Å². The van der Waals surface area contributed by atoms with Crippen molar-refractivity contribution in [1.29, 1.82) is 0 Å². The van der Waals surface area contributed by atoms with Gasteiger partial charge in [0.25, 0.3) is 0 Å². The van der Waals surface area contributed by atoms with E-state index in [2.05, 4.69) is 29.6 Å². The molecule has 0 bridgehead atoms. The first-order chi connectivity index (χ1) is 12.7. The van der Waals surface area contributed by atoms with E-state index in [1.54, 1.807) is 0 Å². The molecule has 2 aromatic rings. The van der Waals surface area contributed by atoms with Gasteiger partial charge >= 0.3 is 0 Å². The molecule has 0 heterocycles. The summed E-state index contributed by atoms with van der Waals surface area (Å²) >= 11 is 0. The van der Waals surface area contributed by atoms with Gasteiger partial charge in [-0.1, -0.05) is 79.9 Å². The SMILES string of the molecule is O=C(CC(c1ccccc1)c1ccccc1)NCC1(CO)CCCCC1. The van der Waals surface area contributed by atoms with Crippen LogP contribution in [0.4, 0.5) is 0 Å². The van der Waals surface area contributed by atoms with E-state index in [1.165, 1.54) is 6.42 Å². The molecule has 0 unspecified atom stereocenters. The topological polar surface area (TPSA) is 49.3 Å². The van der Waals surface area contributed by atoms with E-state index < -0.39 is 0 Å². The fourth-order valence-electron chi connectivity index (χ4n) is 4.04. The van der Waals surface area contributed by atoms with Crippen LogP contribution in [0.1, 0.15) is 55.6 Å². The third-order valence-electron chi connectivity index (χ3n) is 5.70. The molecular formula is C23H29NO2. The number of rotatable bonds is 7. The first kappa shape index (κ1) is 18.7. The molecule has 2 N–H and O–H groups in total. The summed E-state index contributed by atoms with van der Waals surface area (Å²) in [6.07, 6.45) is 5.96. The highest BCUT2D eigenvalue weighted by molar-refractivity contribution is 5.77. The minimum Gasteiger partial charge on any atom is -0.396 e. The largest absolute Gasteiger partial charge is 0.396 e. The number of carbonyl (C=O) groups excluding carboxylic acids is 1. The van der Waals surface area contributed by atoms with Crippen LogP contribution in [0.15, 0.2) is 60.7 Å². The molecule has 0 aliphatic heterocycles. The first-order valence-corrected chi connectivity index (χ1v) is 9.70. The van der Waals surface area contributed by atoms with Gasteiger partial charge in [-0.05, 0) is 24.0 Å². The molecule has 138 valence electrons. The molecule has 0 radical (unpaired) electrons. The van der Waals surface area contributed by atoms with Crippen molar-refractivity contribution in [3.8, 4) is 0 Å². The van der Waals surface area contributed by atoms with E-state index in [9.17, 15) is 9.90 Å². The number of hydrogen-bond acceptors (Lipinski definition) is 2. The molecule has 26 heavy (non-hydrogen) atoms. The Hall–Kier alpha value is -2.13. The van der Waals surface area contributed by atoms with Crippen molar-refractivity contribution in [1.82, 2.24) is 5.32 Å². The molecule has 0 spiro atoms. The van der Waals surface area contributed by atoms with E-state index in [0.29, 0.717) is 13.0 Å². The Morgan fingerprint density at radius 3 is 1.96 bits per heavy atom. The van der Waals surface area contributed by atoms with Gasteiger partial charge < -0.3 is 10.4 Å². The first-order valence-electron chi connectivity index (χ1n) is 9.70. The molecule has 0 saturated heterocycles. The third kappa shape index (κ3) is 4.73. The van der Waals surface area contributed by atoms with Crippen molar-refractivity contribution < 1.29 is 9.90 Å². The fourth-order valence-corrected chi connectivity index (χ4v) is 4.04. The van der Waals surface area contributed by atoms with Crippen LogP contribution in [0.3, 0.4) is 0 Å². The van der Waals surface area contributed by atoms with Gasteiger partial charge in [0, 0.05) is 24.3 Å². The number of nitrogens with one attached hydrogen (secondary N) is 1. The highest BCUT2D eigenvalue weighted by Crippen LogP contribution is 2.35. The zero-order chi connectivity index (χ0) is 18.2. The van der Waals surface area contributed by atoms with Crippen LogP contribution >= 0.6 is 0 Å². The Balaban J connectivity index is 1.68. The molecule has 3 heteroatoms. The van der Waals surface area contributed by atoms with Crippen molar-refractivity contribution in [3.63, 3.8) is 0 Å². The van der Waals surface area contributed by atoms with Crippen LogP contribution in [0.5, 0.6) is 0 Å². The van der Waals surface area contributed by atoms with Crippen LogP contribution in [0.2, 0.25) is 0 Å². The third-order valence-corrected chi connectivity index (χ3v) is 5.70. The molecule has 0 aromatic heterocycles. The van der Waals surface area contributed by atoms with Crippen LogP contribution < -0.4 is 5.32 Å². The molecular weight excluding hydrogens is 322 g/mol. The van der Waals surface area contributed by atoms with E-state index in [-0.39, 0.29) is 23.8 Å². The summed E-state index contributed by atoms with van der Waals surface area (Å²) < 4.78 is 0. The Bertz CT molecular complexity index is 638. The van der Waals surface area contributed by atoms with Crippen molar-refractivity contribution in [3.05, 3.63) is 71.8 Å². The summed E-state index contributed by atoms with van der Waals surface area (Å²) in [7, 11) is 0. The van der Waals surface area contributed by atoms with Gasteiger partial charge in [-0.15, -0.1) is 0 Å². The summed E-state index contributed by atoms with van der Waals surface area (Å²) in [5.74, 6) is 0.106. The maximum absolute atomic E-state index is 12.7. The zero-order valence-corrected chi connectivity index (χ0v) is 15.4. The maximum Gasteiger partial charge on any atom is 0.220 e. The van der Waals surface area contributed by atoms with Crippen molar-refractivity contribution >= 4 is 5.91 Å². The van der Waals surface area contributed by atoms with Crippen molar-refractivity contribution in [2.45, 2.75) is 44.4 Å². The number of benzene rings is 2. The average Bonchev–Trinajstić information content (AvgIpc) is 2.72. The van der Waals surface area contributed by atoms with E-state index in [1.807, 2.05) is 36.4 Å². The minimum atomic E-state index is -0.122. The van der Waals surface area contributed by atoms with Crippen LogP contribution in [0, 0.1) is 5.41 Å². The molecule has 3 rings (SSSR count). The van der Waals surface area contributed by atoms with Gasteiger partial charge in [0.15, 0.2) is 0 Å². The van der Waals surface area contributed by atoms with Crippen molar-refractivity contribution in [2.24, 2.45) is 5.41 Å².